The fourth-order valence-corrected chi connectivity index (χ4v) is 3.13. The molecule has 0 fully saturated rings. The van der Waals surface area contributed by atoms with Gasteiger partial charge in [-0.05, 0) is 31.5 Å². The SMILES string of the molecule is CCN(CC)c1cc(NCc2ccc(OC)c(OC)c2)nc(-c2ccccc2)n1. The third kappa shape index (κ3) is 4.96. The third-order valence-corrected chi connectivity index (χ3v) is 4.75. The summed E-state index contributed by atoms with van der Waals surface area (Å²) < 4.78 is 10.7. The first-order valence-corrected chi connectivity index (χ1v) is 9.82. The van der Waals surface area contributed by atoms with E-state index in [1.165, 1.54) is 0 Å². The second-order valence-corrected chi connectivity index (χ2v) is 6.52. The van der Waals surface area contributed by atoms with Crippen molar-refractivity contribution in [1.82, 2.24) is 9.97 Å². The Kier molecular flexibility index (Phi) is 6.89. The molecule has 0 atom stereocenters. The molecule has 0 spiro atoms. The molecular weight excluding hydrogens is 364 g/mol. The van der Waals surface area contributed by atoms with Crippen LogP contribution < -0.4 is 19.7 Å². The van der Waals surface area contributed by atoms with E-state index in [0.29, 0.717) is 23.9 Å². The number of hydrogen-bond donors (Lipinski definition) is 1. The second kappa shape index (κ2) is 9.78. The lowest BCUT2D eigenvalue weighted by Crippen LogP contribution is -2.23. The summed E-state index contributed by atoms with van der Waals surface area (Å²) in [6, 6.07) is 17.9. The summed E-state index contributed by atoms with van der Waals surface area (Å²) in [4.78, 5) is 11.7. The minimum Gasteiger partial charge on any atom is -0.493 e. The standard InChI is InChI=1S/C23H28N4O2/c1-5-27(6-2)22-15-21(25-23(26-22)18-10-8-7-9-11-18)24-16-17-12-13-19(28-3)20(14-17)29-4/h7-15H,5-6,16H2,1-4H3,(H,24,25,26). The monoisotopic (exact) mass is 392 g/mol. The van der Waals surface area contributed by atoms with Crippen LogP contribution >= 0.6 is 0 Å². The van der Waals surface area contributed by atoms with E-state index in [4.69, 9.17) is 19.4 Å². The minimum absolute atomic E-state index is 0.614. The zero-order valence-corrected chi connectivity index (χ0v) is 17.5. The van der Waals surface area contributed by atoms with Gasteiger partial charge in [-0.25, -0.2) is 9.97 Å². The maximum Gasteiger partial charge on any atom is 0.163 e. The molecule has 152 valence electrons. The molecule has 6 nitrogen and oxygen atoms in total. The van der Waals surface area contributed by atoms with Crippen LogP contribution in [0.2, 0.25) is 0 Å². The van der Waals surface area contributed by atoms with Crippen molar-refractivity contribution in [3.63, 3.8) is 0 Å². The summed E-state index contributed by atoms with van der Waals surface area (Å²) in [5.41, 5.74) is 2.07. The predicted molar refractivity (Wildman–Crippen MR) is 118 cm³/mol. The van der Waals surface area contributed by atoms with Gasteiger partial charge >= 0.3 is 0 Å². The lowest BCUT2D eigenvalue weighted by molar-refractivity contribution is 0.354. The van der Waals surface area contributed by atoms with Gasteiger partial charge < -0.3 is 19.7 Å². The van der Waals surface area contributed by atoms with Crippen molar-refractivity contribution in [2.45, 2.75) is 20.4 Å². The average molecular weight is 393 g/mol. The number of methoxy groups -OCH3 is 2. The van der Waals surface area contributed by atoms with E-state index in [9.17, 15) is 0 Å². The van der Waals surface area contributed by atoms with E-state index in [-0.39, 0.29) is 0 Å². The summed E-state index contributed by atoms with van der Waals surface area (Å²) in [6.07, 6.45) is 0. The number of rotatable bonds is 9. The highest BCUT2D eigenvalue weighted by atomic mass is 16.5. The van der Waals surface area contributed by atoms with Gasteiger partial charge in [-0.2, -0.15) is 0 Å². The molecule has 2 aromatic carbocycles. The third-order valence-electron chi connectivity index (χ3n) is 4.75. The number of hydrogen-bond acceptors (Lipinski definition) is 6. The number of anilines is 2. The topological polar surface area (TPSA) is 59.5 Å². The van der Waals surface area contributed by atoms with E-state index in [1.807, 2.05) is 54.6 Å². The first-order valence-electron chi connectivity index (χ1n) is 9.82. The van der Waals surface area contributed by atoms with Gasteiger partial charge in [-0.15, -0.1) is 0 Å². The predicted octanol–water partition coefficient (Wildman–Crippen LogP) is 4.62. The van der Waals surface area contributed by atoms with Gasteiger partial charge in [0.05, 0.1) is 14.2 Å². The highest BCUT2D eigenvalue weighted by Gasteiger charge is 2.11. The second-order valence-electron chi connectivity index (χ2n) is 6.52. The fraction of sp³-hybridized carbons (Fsp3) is 0.304. The van der Waals surface area contributed by atoms with Gasteiger partial charge in [-0.1, -0.05) is 36.4 Å². The van der Waals surface area contributed by atoms with Gasteiger partial charge in [0.1, 0.15) is 11.6 Å². The summed E-state index contributed by atoms with van der Waals surface area (Å²) in [7, 11) is 3.28. The summed E-state index contributed by atoms with van der Waals surface area (Å²) in [6.45, 7) is 6.64. The zero-order valence-electron chi connectivity index (χ0n) is 17.5. The maximum atomic E-state index is 5.40. The van der Waals surface area contributed by atoms with Crippen LogP contribution in [0, 0.1) is 0 Å². The van der Waals surface area contributed by atoms with Crippen LogP contribution in [-0.2, 0) is 6.54 Å². The molecule has 0 aliphatic heterocycles. The van der Waals surface area contributed by atoms with Crippen LogP contribution in [0.25, 0.3) is 11.4 Å². The van der Waals surface area contributed by atoms with Gasteiger partial charge in [0.25, 0.3) is 0 Å². The molecule has 0 saturated heterocycles. The summed E-state index contributed by atoms with van der Waals surface area (Å²) in [5.74, 6) is 3.84. The molecule has 3 rings (SSSR count). The van der Waals surface area contributed by atoms with Crippen LogP contribution in [-0.4, -0.2) is 37.3 Å². The van der Waals surface area contributed by atoms with Gasteiger partial charge in [-0.3, -0.25) is 0 Å². The summed E-state index contributed by atoms with van der Waals surface area (Å²) >= 11 is 0. The van der Waals surface area contributed by atoms with Crippen molar-refractivity contribution in [2.75, 3.05) is 37.5 Å². The van der Waals surface area contributed by atoms with Crippen LogP contribution in [0.15, 0.2) is 54.6 Å². The largest absolute Gasteiger partial charge is 0.493 e. The molecule has 29 heavy (non-hydrogen) atoms. The maximum absolute atomic E-state index is 5.40. The first kappa shape index (κ1) is 20.5. The molecule has 6 heteroatoms. The minimum atomic E-state index is 0.614. The van der Waals surface area contributed by atoms with Gasteiger partial charge in [0.15, 0.2) is 17.3 Å². The van der Waals surface area contributed by atoms with Crippen molar-refractivity contribution < 1.29 is 9.47 Å². The molecule has 0 aliphatic rings. The highest BCUT2D eigenvalue weighted by Crippen LogP contribution is 2.28. The van der Waals surface area contributed by atoms with Crippen molar-refractivity contribution in [3.05, 3.63) is 60.2 Å². The lowest BCUT2D eigenvalue weighted by Gasteiger charge is -2.21. The van der Waals surface area contributed by atoms with Crippen molar-refractivity contribution in [1.29, 1.82) is 0 Å². The Hall–Kier alpha value is -3.28. The van der Waals surface area contributed by atoms with Crippen LogP contribution in [0.5, 0.6) is 11.5 Å². The molecular formula is C23H28N4O2. The number of nitrogens with zero attached hydrogens (tertiary/aromatic N) is 3. The van der Waals surface area contributed by atoms with Crippen LogP contribution in [0.1, 0.15) is 19.4 Å². The Morgan fingerprint density at radius 2 is 1.59 bits per heavy atom. The first-order chi connectivity index (χ1) is 14.2. The normalized spacial score (nSPS) is 10.5. The molecule has 3 aromatic rings. The number of benzene rings is 2. The Bertz CT molecular complexity index is 927. The van der Waals surface area contributed by atoms with Crippen LogP contribution in [0.4, 0.5) is 11.6 Å². The molecule has 0 radical (unpaired) electrons. The van der Waals surface area contributed by atoms with E-state index in [1.54, 1.807) is 14.2 Å². The van der Waals surface area contributed by atoms with Gasteiger partial charge in [0.2, 0.25) is 0 Å². The Labute approximate surface area is 172 Å². The Morgan fingerprint density at radius 3 is 2.24 bits per heavy atom. The Morgan fingerprint density at radius 1 is 0.862 bits per heavy atom. The lowest BCUT2D eigenvalue weighted by atomic mass is 10.2. The van der Waals surface area contributed by atoms with E-state index < -0.39 is 0 Å². The van der Waals surface area contributed by atoms with E-state index in [0.717, 1.165) is 35.9 Å². The summed E-state index contributed by atoms with van der Waals surface area (Å²) in [5, 5.41) is 3.43. The molecule has 0 unspecified atom stereocenters. The molecule has 1 heterocycles. The molecule has 1 aromatic heterocycles. The molecule has 0 amide bonds. The smallest absolute Gasteiger partial charge is 0.163 e. The van der Waals surface area contributed by atoms with Crippen molar-refractivity contribution in [2.24, 2.45) is 0 Å². The number of nitrogens with one attached hydrogen (secondary N) is 1. The number of aromatic nitrogens is 2. The van der Waals surface area contributed by atoms with E-state index in [2.05, 4.69) is 24.1 Å². The zero-order chi connectivity index (χ0) is 20.6. The molecule has 0 aliphatic carbocycles. The number of ether oxygens (including phenoxy) is 2. The fourth-order valence-electron chi connectivity index (χ4n) is 3.13. The van der Waals surface area contributed by atoms with Crippen molar-refractivity contribution >= 4 is 11.6 Å². The molecule has 1 N–H and O–H groups in total. The average Bonchev–Trinajstić information content (AvgIpc) is 2.78. The Balaban J connectivity index is 1.89. The molecule has 0 bridgehead atoms. The van der Waals surface area contributed by atoms with Crippen molar-refractivity contribution in [3.8, 4) is 22.9 Å². The van der Waals surface area contributed by atoms with Gasteiger partial charge in [0, 0.05) is 31.3 Å². The van der Waals surface area contributed by atoms with Crippen LogP contribution in [0.3, 0.4) is 0 Å². The quantitative estimate of drug-likeness (QED) is 0.573. The van der Waals surface area contributed by atoms with E-state index >= 15 is 0 Å². The highest BCUT2D eigenvalue weighted by molar-refractivity contribution is 5.62. The molecule has 0 saturated carbocycles.